The Balaban J connectivity index is 2.62. The van der Waals surface area contributed by atoms with Crippen molar-refractivity contribution in [2.75, 3.05) is 6.54 Å². The van der Waals surface area contributed by atoms with Crippen molar-refractivity contribution >= 4 is 11.9 Å². The van der Waals surface area contributed by atoms with E-state index in [0.29, 0.717) is 6.42 Å². The van der Waals surface area contributed by atoms with E-state index < -0.39 is 11.5 Å². The minimum absolute atomic E-state index is 0.179. The fraction of sp³-hybridized carbons (Fsp3) is 0.538. The zero-order valence-corrected chi connectivity index (χ0v) is 11.0. The minimum atomic E-state index is -1.00. The van der Waals surface area contributed by atoms with Gasteiger partial charge in [0.1, 0.15) is 12.3 Å². The van der Waals surface area contributed by atoms with E-state index in [4.69, 9.17) is 9.52 Å². The van der Waals surface area contributed by atoms with Gasteiger partial charge in [0, 0.05) is 18.4 Å². The number of carbonyl (C=O) groups is 2. The van der Waals surface area contributed by atoms with Crippen LogP contribution < -0.4 is 0 Å². The van der Waals surface area contributed by atoms with Gasteiger partial charge >= 0.3 is 5.97 Å². The summed E-state index contributed by atoms with van der Waals surface area (Å²) < 4.78 is 5.14. The summed E-state index contributed by atoms with van der Waals surface area (Å²) in [5, 5.41) is 8.84. The number of carboxylic acids is 1. The summed E-state index contributed by atoms with van der Waals surface area (Å²) in [5.41, 5.74) is -0.501. The molecule has 0 aliphatic rings. The summed E-state index contributed by atoms with van der Waals surface area (Å²) in [6, 6.07) is 3.56. The van der Waals surface area contributed by atoms with Gasteiger partial charge in [0.2, 0.25) is 5.91 Å². The molecular weight excluding hydrogens is 234 g/mol. The molecule has 0 fully saturated rings. The molecule has 1 aromatic rings. The number of hydrogen-bond donors (Lipinski definition) is 1. The van der Waals surface area contributed by atoms with Gasteiger partial charge in [0.15, 0.2) is 0 Å². The maximum absolute atomic E-state index is 12.0. The lowest BCUT2D eigenvalue weighted by molar-refractivity contribution is -0.148. The summed E-state index contributed by atoms with van der Waals surface area (Å²) in [7, 11) is 0. The summed E-state index contributed by atoms with van der Waals surface area (Å²) in [4.78, 5) is 24.2. The van der Waals surface area contributed by atoms with Crippen molar-refractivity contribution in [1.82, 2.24) is 4.90 Å². The SMILES string of the molecule is CC(C)(C)N(CC(=O)O)C(=O)CCc1ccco1. The normalized spacial score (nSPS) is 11.3. The molecule has 1 aromatic heterocycles. The fourth-order valence-electron chi connectivity index (χ4n) is 1.65. The van der Waals surface area contributed by atoms with Crippen molar-refractivity contribution in [3.05, 3.63) is 24.2 Å². The first kappa shape index (κ1) is 14.3. The standard InChI is InChI=1S/C13H19NO4/c1-13(2,3)14(9-12(16)17)11(15)7-6-10-5-4-8-18-10/h4-5,8H,6-7,9H2,1-3H3,(H,16,17). The van der Waals surface area contributed by atoms with E-state index in [2.05, 4.69) is 0 Å². The second-order valence-electron chi connectivity index (χ2n) is 5.12. The molecule has 0 aliphatic carbocycles. The first-order valence-corrected chi connectivity index (χ1v) is 5.85. The lowest BCUT2D eigenvalue weighted by Crippen LogP contribution is -2.48. The second-order valence-corrected chi connectivity index (χ2v) is 5.12. The van der Waals surface area contributed by atoms with Crippen LogP contribution in [0.2, 0.25) is 0 Å². The van der Waals surface area contributed by atoms with Gasteiger partial charge in [-0.25, -0.2) is 0 Å². The maximum Gasteiger partial charge on any atom is 0.323 e. The van der Waals surface area contributed by atoms with E-state index >= 15 is 0 Å². The molecular formula is C13H19NO4. The van der Waals surface area contributed by atoms with E-state index in [0.717, 1.165) is 5.76 Å². The molecule has 0 atom stereocenters. The molecule has 1 N–H and O–H groups in total. The Morgan fingerprint density at radius 3 is 2.50 bits per heavy atom. The molecule has 1 amide bonds. The van der Waals surface area contributed by atoms with Crippen molar-refractivity contribution in [3.63, 3.8) is 0 Å². The van der Waals surface area contributed by atoms with Gasteiger partial charge in [0.25, 0.3) is 0 Å². The molecule has 0 saturated carbocycles. The Bertz CT molecular complexity index is 403. The van der Waals surface area contributed by atoms with Crippen LogP contribution in [0.25, 0.3) is 0 Å². The fourth-order valence-corrected chi connectivity index (χ4v) is 1.65. The smallest absolute Gasteiger partial charge is 0.323 e. The number of nitrogens with zero attached hydrogens (tertiary/aromatic N) is 1. The maximum atomic E-state index is 12.0. The van der Waals surface area contributed by atoms with Crippen LogP contribution >= 0.6 is 0 Å². The molecule has 0 aromatic carbocycles. The first-order valence-electron chi connectivity index (χ1n) is 5.85. The Hall–Kier alpha value is -1.78. The van der Waals surface area contributed by atoms with Crippen LogP contribution in [-0.2, 0) is 16.0 Å². The van der Waals surface area contributed by atoms with E-state index in [9.17, 15) is 9.59 Å². The van der Waals surface area contributed by atoms with Gasteiger partial charge in [-0.2, -0.15) is 0 Å². The molecule has 5 heteroatoms. The molecule has 5 nitrogen and oxygen atoms in total. The third-order valence-electron chi connectivity index (χ3n) is 2.57. The Morgan fingerprint density at radius 1 is 1.39 bits per heavy atom. The number of aliphatic carboxylic acids is 1. The Morgan fingerprint density at radius 2 is 2.06 bits per heavy atom. The van der Waals surface area contributed by atoms with Crippen LogP contribution in [0.1, 0.15) is 33.0 Å². The number of amides is 1. The van der Waals surface area contributed by atoms with Crippen LogP contribution in [-0.4, -0.2) is 34.0 Å². The summed E-state index contributed by atoms with van der Waals surface area (Å²) in [5.74, 6) is -0.454. The van der Waals surface area contributed by atoms with Gasteiger partial charge in [-0.1, -0.05) is 0 Å². The topological polar surface area (TPSA) is 70.8 Å². The molecule has 0 aliphatic heterocycles. The van der Waals surface area contributed by atoms with Crippen molar-refractivity contribution in [3.8, 4) is 0 Å². The Labute approximate surface area is 106 Å². The highest BCUT2D eigenvalue weighted by atomic mass is 16.4. The van der Waals surface area contributed by atoms with Crippen LogP contribution in [0.5, 0.6) is 0 Å². The highest BCUT2D eigenvalue weighted by Gasteiger charge is 2.27. The number of aryl methyl sites for hydroxylation is 1. The average molecular weight is 253 g/mol. The molecule has 1 rings (SSSR count). The number of hydrogen-bond acceptors (Lipinski definition) is 3. The number of carboxylic acid groups (broad SMARTS) is 1. The molecule has 1 heterocycles. The largest absolute Gasteiger partial charge is 0.480 e. The lowest BCUT2D eigenvalue weighted by Gasteiger charge is -2.34. The zero-order chi connectivity index (χ0) is 13.8. The van der Waals surface area contributed by atoms with Crippen molar-refractivity contribution in [2.45, 2.75) is 39.2 Å². The summed E-state index contributed by atoms with van der Waals surface area (Å²) >= 11 is 0. The van der Waals surface area contributed by atoms with Crippen LogP contribution in [0.4, 0.5) is 0 Å². The molecule has 0 spiro atoms. The predicted octanol–water partition coefficient (Wildman–Crippen LogP) is 1.92. The van der Waals surface area contributed by atoms with Crippen molar-refractivity contribution < 1.29 is 19.1 Å². The molecule has 0 radical (unpaired) electrons. The first-order chi connectivity index (χ1) is 8.30. The Kier molecular flexibility index (Phi) is 4.53. The third kappa shape index (κ3) is 4.24. The van der Waals surface area contributed by atoms with Crippen LogP contribution in [0.15, 0.2) is 22.8 Å². The van der Waals surface area contributed by atoms with Gasteiger partial charge in [-0.05, 0) is 32.9 Å². The third-order valence-corrected chi connectivity index (χ3v) is 2.57. The second kappa shape index (κ2) is 5.71. The molecule has 100 valence electrons. The van der Waals surface area contributed by atoms with Crippen molar-refractivity contribution in [2.24, 2.45) is 0 Å². The van der Waals surface area contributed by atoms with Gasteiger partial charge < -0.3 is 14.4 Å². The van der Waals surface area contributed by atoms with E-state index in [1.807, 2.05) is 20.8 Å². The number of furan rings is 1. The lowest BCUT2D eigenvalue weighted by atomic mass is 10.0. The molecule has 18 heavy (non-hydrogen) atoms. The van der Waals surface area contributed by atoms with Crippen molar-refractivity contribution in [1.29, 1.82) is 0 Å². The highest BCUT2D eigenvalue weighted by molar-refractivity contribution is 5.82. The van der Waals surface area contributed by atoms with Gasteiger partial charge in [-0.3, -0.25) is 9.59 Å². The highest BCUT2D eigenvalue weighted by Crippen LogP contribution is 2.15. The summed E-state index contributed by atoms with van der Waals surface area (Å²) in [6.45, 7) is 5.18. The quantitative estimate of drug-likeness (QED) is 0.870. The number of rotatable bonds is 5. The van der Waals surface area contributed by atoms with Crippen LogP contribution in [0.3, 0.4) is 0 Å². The van der Waals surface area contributed by atoms with E-state index in [1.54, 1.807) is 18.4 Å². The molecule has 0 saturated heterocycles. The predicted molar refractivity (Wildman–Crippen MR) is 66.1 cm³/mol. The van der Waals surface area contributed by atoms with Gasteiger partial charge in [-0.15, -0.1) is 0 Å². The van der Waals surface area contributed by atoms with Gasteiger partial charge in [0.05, 0.1) is 6.26 Å². The number of carbonyl (C=O) groups excluding carboxylic acids is 1. The summed E-state index contributed by atoms with van der Waals surface area (Å²) in [6.07, 6.45) is 2.29. The minimum Gasteiger partial charge on any atom is -0.480 e. The average Bonchev–Trinajstić information content (AvgIpc) is 2.73. The monoisotopic (exact) mass is 253 g/mol. The van der Waals surface area contributed by atoms with Crippen LogP contribution in [0, 0.1) is 0 Å². The van der Waals surface area contributed by atoms with E-state index in [-0.39, 0.29) is 18.9 Å². The molecule has 0 unspecified atom stereocenters. The van der Waals surface area contributed by atoms with E-state index in [1.165, 1.54) is 4.90 Å². The zero-order valence-electron chi connectivity index (χ0n) is 11.0. The molecule has 0 bridgehead atoms.